The molecule has 76 valence electrons. The summed E-state index contributed by atoms with van der Waals surface area (Å²) in [6.07, 6.45) is -0.463. The maximum absolute atomic E-state index is 12.7. The fourth-order valence-electron chi connectivity index (χ4n) is 1.39. The van der Waals surface area contributed by atoms with Crippen LogP contribution in [0.2, 0.25) is 0 Å². The third-order valence-corrected chi connectivity index (χ3v) is 2.43. The quantitative estimate of drug-likeness (QED) is 0.716. The SMILES string of the molecule is C[C@@H](C(=O)O)N1CCC(F)(F)CC1. The maximum atomic E-state index is 12.7. The molecule has 13 heavy (non-hydrogen) atoms. The highest BCUT2D eigenvalue weighted by Gasteiger charge is 2.36. The van der Waals surface area contributed by atoms with Crippen LogP contribution < -0.4 is 0 Å². The zero-order valence-electron chi connectivity index (χ0n) is 7.46. The number of halogens is 2. The van der Waals surface area contributed by atoms with Gasteiger partial charge in [0.2, 0.25) is 0 Å². The molecular formula is C8H13F2NO2. The van der Waals surface area contributed by atoms with E-state index < -0.39 is 17.9 Å². The molecule has 0 aromatic rings. The molecule has 0 bridgehead atoms. The highest BCUT2D eigenvalue weighted by atomic mass is 19.3. The molecule has 0 unspecified atom stereocenters. The van der Waals surface area contributed by atoms with E-state index in [2.05, 4.69) is 0 Å². The summed E-state index contributed by atoms with van der Waals surface area (Å²) in [5.41, 5.74) is 0. The molecule has 1 saturated heterocycles. The second-order valence-corrected chi connectivity index (χ2v) is 3.41. The molecule has 0 saturated carbocycles. The number of carbonyl (C=O) groups is 1. The van der Waals surface area contributed by atoms with E-state index in [1.165, 1.54) is 6.92 Å². The van der Waals surface area contributed by atoms with E-state index in [9.17, 15) is 13.6 Å². The van der Waals surface area contributed by atoms with E-state index in [1.54, 1.807) is 4.90 Å². The molecule has 0 aromatic heterocycles. The largest absolute Gasteiger partial charge is 0.480 e. The summed E-state index contributed by atoms with van der Waals surface area (Å²) in [5.74, 6) is -3.56. The Balaban J connectivity index is 2.45. The van der Waals surface area contributed by atoms with Crippen LogP contribution in [0, 0.1) is 0 Å². The first-order valence-corrected chi connectivity index (χ1v) is 4.27. The smallest absolute Gasteiger partial charge is 0.320 e. The Morgan fingerprint density at radius 2 is 1.92 bits per heavy atom. The van der Waals surface area contributed by atoms with Gasteiger partial charge in [-0.25, -0.2) is 8.78 Å². The van der Waals surface area contributed by atoms with E-state index in [0.29, 0.717) is 0 Å². The Morgan fingerprint density at radius 1 is 1.46 bits per heavy atom. The summed E-state index contributed by atoms with van der Waals surface area (Å²) < 4.78 is 25.3. The predicted octanol–water partition coefficient (Wildman–Crippen LogP) is 1.19. The number of aliphatic carboxylic acids is 1. The summed E-state index contributed by atoms with van der Waals surface area (Å²) in [6, 6.07) is -0.656. The molecule has 1 aliphatic heterocycles. The highest BCUT2D eigenvalue weighted by Crippen LogP contribution is 2.28. The molecular weight excluding hydrogens is 180 g/mol. The van der Waals surface area contributed by atoms with Crippen LogP contribution in [0.15, 0.2) is 0 Å². The van der Waals surface area contributed by atoms with Crippen LogP contribution in [0.3, 0.4) is 0 Å². The molecule has 1 fully saturated rings. The van der Waals surface area contributed by atoms with Crippen LogP contribution in [0.25, 0.3) is 0 Å². The average molecular weight is 193 g/mol. The molecule has 0 aliphatic carbocycles. The number of likely N-dealkylation sites (tertiary alicyclic amines) is 1. The van der Waals surface area contributed by atoms with Crippen molar-refractivity contribution in [2.45, 2.75) is 31.7 Å². The fourth-order valence-corrected chi connectivity index (χ4v) is 1.39. The summed E-state index contributed by atoms with van der Waals surface area (Å²) in [5, 5.41) is 8.64. The fraction of sp³-hybridized carbons (Fsp3) is 0.875. The minimum absolute atomic E-state index is 0.167. The van der Waals surface area contributed by atoms with Gasteiger partial charge in [0.15, 0.2) is 0 Å². The number of carboxylic acids is 1. The molecule has 5 heteroatoms. The molecule has 0 amide bonds. The number of carboxylic acid groups (broad SMARTS) is 1. The molecule has 0 radical (unpaired) electrons. The summed E-state index contributed by atoms with van der Waals surface area (Å²) in [6.45, 7) is 1.85. The number of hydrogen-bond donors (Lipinski definition) is 1. The van der Waals surface area contributed by atoms with Crippen molar-refractivity contribution in [1.29, 1.82) is 0 Å². The third-order valence-electron chi connectivity index (χ3n) is 2.43. The van der Waals surface area contributed by atoms with E-state index in [0.717, 1.165) is 0 Å². The van der Waals surface area contributed by atoms with Crippen molar-refractivity contribution in [1.82, 2.24) is 4.90 Å². The molecule has 1 atom stereocenters. The number of rotatable bonds is 2. The van der Waals surface area contributed by atoms with E-state index in [4.69, 9.17) is 5.11 Å². The van der Waals surface area contributed by atoms with Crippen LogP contribution in [-0.2, 0) is 4.79 Å². The molecule has 1 heterocycles. The van der Waals surface area contributed by atoms with Crippen molar-refractivity contribution in [2.75, 3.05) is 13.1 Å². The zero-order valence-corrected chi connectivity index (χ0v) is 7.46. The van der Waals surface area contributed by atoms with Crippen LogP contribution in [0.5, 0.6) is 0 Å². The van der Waals surface area contributed by atoms with Gasteiger partial charge in [-0.1, -0.05) is 0 Å². The van der Waals surface area contributed by atoms with Gasteiger partial charge in [-0.2, -0.15) is 0 Å². The number of hydrogen-bond acceptors (Lipinski definition) is 2. The van der Waals surface area contributed by atoms with Gasteiger partial charge in [0.25, 0.3) is 5.92 Å². The Kier molecular flexibility index (Phi) is 2.85. The predicted molar refractivity (Wildman–Crippen MR) is 42.9 cm³/mol. The Labute approximate surface area is 75.3 Å². The van der Waals surface area contributed by atoms with E-state index in [-0.39, 0.29) is 25.9 Å². The van der Waals surface area contributed by atoms with Crippen molar-refractivity contribution < 1.29 is 18.7 Å². The van der Waals surface area contributed by atoms with Crippen molar-refractivity contribution in [3.05, 3.63) is 0 Å². The van der Waals surface area contributed by atoms with E-state index in [1.807, 2.05) is 0 Å². The minimum atomic E-state index is -2.60. The van der Waals surface area contributed by atoms with Crippen molar-refractivity contribution >= 4 is 5.97 Å². The van der Waals surface area contributed by atoms with Gasteiger partial charge in [0.1, 0.15) is 6.04 Å². The molecule has 1 rings (SSSR count). The van der Waals surface area contributed by atoms with Gasteiger partial charge in [0.05, 0.1) is 0 Å². The highest BCUT2D eigenvalue weighted by molar-refractivity contribution is 5.72. The summed E-state index contributed by atoms with van der Waals surface area (Å²) in [4.78, 5) is 12.1. The number of piperidine rings is 1. The van der Waals surface area contributed by atoms with E-state index >= 15 is 0 Å². The first-order chi connectivity index (χ1) is 5.92. The standard InChI is InChI=1S/C8H13F2NO2/c1-6(7(12)13)11-4-2-8(9,10)3-5-11/h6H,2-5H2,1H3,(H,12,13)/t6-/m0/s1. The van der Waals surface area contributed by atoms with Crippen LogP contribution in [-0.4, -0.2) is 41.0 Å². The lowest BCUT2D eigenvalue weighted by molar-refractivity contribution is -0.145. The lowest BCUT2D eigenvalue weighted by Crippen LogP contribution is -2.46. The molecule has 0 aromatic carbocycles. The van der Waals surface area contributed by atoms with Crippen LogP contribution >= 0.6 is 0 Å². The second-order valence-electron chi connectivity index (χ2n) is 3.41. The normalized spacial score (nSPS) is 25.5. The van der Waals surface area contributed by atoms with Crippen molar-refractivity contribution in [3.63, 3.8) is 0 Å². The maximum Gasteiger partial charge on any atom is 0.320 e. The first-order valence-electron chi connectivity index (χ1n) is 4.27. The average Bonchev–Trinajstić information content (AvgIpc) is 2.03. The Hall–Kier alpha value is -0.710. The lowest BCUT2D eigenvalue weighted by atomic mass is 10.1. The van der Waals surface area contributed by atoms with Gasteiger partial charge < -0.3 is 5.11 Å². The molecule has 1 N–H and O–H groups in total. The summed E-state index contributed by atoms with van der Waals surface area (Å²) in [7, 11) is 0. The van der Waals surface area contributed by atoms with Gasteiger partial charge in [-0.05, 0) is 6.92 Å². The van der Waals surface area contributed by atoms with Gasteiger partial charge in [0, 0.05) is 25.9 Å². The van der Waals surface area contributed by atoms with Crippen molar-refractivity contribution in [2.24, 2.45) is 0 Å². The topological polar surface area (TPSA) is 40.5 Å². The summed E-state index contributed by atoms with van der Waals surface area (Å²) >= 11 is 0. The van der Waals surface area contributed by atoms with Gasteiger partial charge in [-0.15, -0.1) is 0 Å². The minimum Gasteiger partial charge on any atom is -0.480 e. The van der Waals surface area contributed by atoms with Crippen molar-refractivity contribution in [3.8, 4) is 0 Å². The van der Waals surface area contributed by atoms with Gasteiger partial charge in [-0.3, -0.25) is 9.69 Å². The van der Waals surface area contributed by atoms with Crippen LogP contribution in [0.1, 0.15) is 19.8 Å². The number of nitrogens with zero attached hydrogens (tertiary/aromatic N) is 1. The second kappa shape index (κ2) is 3.57. The Morgan fingerprint density at radius 3 is 2.31 bits per heavy atom. The molecule has 0 spiro atoms. The first kappa shape index (κ1) is 10.4. The third kappa shape index (κ3) is 2.62. The lowest BCUT2D eigenvalue weighted by Gasteiger charge is -2.33. The monoisotopic (exact) mass is 193 g/mol. The molecule has 1 aliphatic rings. The Bertz CT molecular complexity index is 198. The molecule has 3 nitrogen and oxygen atoms in total. The number of alkyl halides is 2. The van der Waals surface area contributed by atoms with Crippen LogP contribution in [0.4, 0.5) is 8.78 Å². The van der Waals surface area contributed by atoms with Gasteiger partial charge >= 0.3 is 5.97 Å². The zero-order chi connectivity index (χ0) is 10.1.